The number of rotatable bonds is 52. The molecule has 0 heterocycles. The van der Waals surface area contributed by atoms with Crippen LogP contribution < -0.4 is 0 Å². The molecule has 0 saturated heterocycles. The number of carbonyl (C=O) groups excluding carboxylic acids is 2. The maximum absolute atomic E-state index is 14.4. The van der Waals surface area contributed by atoms with Gasteiger partial charge >= 0.3 is 12.2 Å². The predicted molar refractivity (Wildman–Crippen MR) is 508 cm³/mol. The number of hydrogen-bond acceptors (Lipinski definition) is 4. The van der Waals surface area contributed by atoms with Gasteiger partial charge in [0.25, 0.3) is 0 Å². The van der Waals surface area contributed by atoms with E-state index in [0.717, 1.165) is 49.7 Å². The minimum Gasteiger partial charge on any atom is -0.444 e. The van der Waals surface area contributed by atoms with Crippen molar-refractivity contribution in [2.45, 2.75) is 406 Å². The van der Waals surface area contributed by atoms with Gasteiger partial charge in [-0.3, -0.25) is 9.80 Å². The van der Waals surface area contributed by atoms with Crippen LogP contribution in [0.1, 0.15) is 408 Å². The molecule has 0 fully saturated rings. The van der Waals surface area contributed by atoms with E-state index in [1.807, 2.05) is 51.3 Å². The van der Waals surface area contributed by atoms with Gasteiger partial charge in [-0.05, 0) is 216 Å². The van der Waals surface area contributed by atoms with E-state index >= 15 is 0 Å². The van der Waals surface area contributed by atoms with Gasteiger partial charge < -0.3 is 9.47 Å². The van der Waals surface area contributed by atoms with Gasteiger partial charge in [0, 0.05) is 42.4 Å². The number of fused-ring (bicyclic) bond motifs is 9. The van der Waals surface area contributed by atoms with E-state index in [2.05, 4.69) is 211 Å². The SMILES string of the molecule is CCCCCCCCC1(CCCCCCCC)c2cc(CN(Cc3ccccc3)C(=O)OC(C)(C)C)ccc2-c2ccc(-c3ccc4c(c3)C(CCCCCCCC)(CCCCCCCC)c3cc(-c5ccc6c(c5)C(CCCCCCCC)(CCCCCCCC)c5cc(CN(Cc7ccccc7)C(=O)OC(C)(C)C)ccc5-6)ccc3-4)cc21. The van der Waals surface area contributed by atoms with Crippen LogP contribution in [0.5, 0.6) is 0 Å². The Morgan fingerprint density at radius 3 is 0.672 bits per heavy atom. The molecule has 0 atom stereocenters. The van der Waals surface area contributed by atoms with Crippen LogP contribution >= 0.6 is 0 Å². The Kier molecular flexibility index (Phi) is 35.1. The lowest BCUT2D eigenvalue weighted by Gasteiger charge is -2.34. The van der Waals surface area contributed by atoms with Gasteiger partial charge in [0.1, 0.15) is 11.2 Å². The fraction of sp³-hybridized carbons (Fsp3) is 0.558. The lowest BCUT2D eigenvalue weighted by atomic mass is 9.69. The van der Waals surface area contributed by atoms with Crippen molar-refractivity contribution in [1.29, 1.82) is 0 Å². The molecule has 3 aliphatic carbocycles. The van der Waals surface area contributed by atoms with Crippen LogP contribution in [0.15, 0.2) is 170 Å². The highest BCUT2D eigenvalue weighted by atomic mass is 16.6. The summed E-state index contributed by atoms with van der Waals surface area (Å²) < 4.78 is 12.4. The Hall–Kier alpha value is -7.70. The molecule has 3 aliphatic rings. The number of ether oxygens (including phenoxy) is 2. The van der Waals surface area contributed by atoms with Crippen LogP contribution in [0, 0.1) is 0 Å². The summed E-state index contributed by atoms with van der Waals surface area (Å²) in [6, 6.07) is 66.6. The number of amides is 2. The highest BCUT2D eigenvalue weighted by Crippen LogP contribution is 2.60. The van der Waals surface area contributed by atoms with Crippen molar-refractivity contribution < 1.29 is 19.1 Å². The Bertz CT molecular complexity index is 4120. The van der Waals surface area contributed by atoms with Crippen LogP contribution in [-0.2, 0) is 51.9 Å². The molecule has 0 bridgehead atoms. The van der Waals surface area contributed by atoms with E-state index in [4.69, 9.17) is 9.47 Å². The molecule has 6 heteroatoms. The number of nitrogens with zero attached hydrogens (tertiary/aromatic N) is 2. The molecule has 0 spiro atoms. The maximum Gasteiger partial charge on any atom is 0.410 e. The zero-order valence-corrected chi connectivity index (χ0v) is 76.7. The average Bonchev–Trinajstić information content (AvgIpc) is 1.56. The minimum atomic E-state index is -0.621. The second-order valence-corrected chi connectivity index (χ2v) is 38.8. The van der Waals surface area contributed by atoms with Crippen LogP contribution in [0.3, 0.4) is 0 Å². The molecule has 2 amide bonds. The minimum absolute atomic E-state index is 0.154. The van der Waals surface area contributed by atoms with Crippen LogP contribution in [0.4, 0.5) is 9.59 Å². The van der Waals surface area contributed by atoms with Gasteiger partial charge in [-0.2, -0.15) is 0 Å². The summed E-state index contributed by atoms with van der Waals surface area (Å²) in [5, 5.41) is 0. The molecule has 8 aromatic rings. The zero-order valence-electron chi connectivity index (χ0n) is 76.7. The second-order valence-electron chi connectivity index (χ2n) is 38.8. The largest absolute Gasteiger partial charge is 0.444 e. The van der Waals surface area contributed by atoms with Crippen LogP contribution in [0.2, 0.25) is 0 Å². The first kappa shape index (κ1) is 92.0. The normalized spacial score (nSPS) is 13.8. The zero-order chi connectivity index (χ0) is 84.1. The Morgan fingerprint density at radius 1 is 0.244 bits per heavy atom. The Labute approximate surface area is 724 Å². The number of carbonyl (C=O) groups is 2. The molecule has 6 nitrogen and oxygen atoms in total. The average molecular weight is 1610 g/mol. The molecule has 11 rings (SSSR count). The molecule has 0 aliphatic heterocycles. The summed E-state index contributed by atoms with van der Waals surface area (Å²) in [5.74, 6) is 0. The summed E-state index contributed by atoms with van der Waals surface area (Å²) in [6.45, 7) is 27.8. The van der Waals surface area contributed by atoms with Gasteiger partial charge in [-0.15, -0.1) is 0 Å². The second kappa shape index (κ2) is 45.4. The van der Waals surface area contributed by atoms with Crippen LogP contribution in [-0.4, -0.2) is 33.2 Å². The van der Waals surface area contributed by atoms with Crippen LogP contribution in [0.25, 0.3) is 55.6 Å². The van der Waals surface area contributed by atoms with Crippen molar-refractivity contribution in [1.82, 2.24) is 9.80 Å². The van der Waals surface area contributed by atoms with Gasteiger partial charge in [0.15, 0.2) is 0 Å². The maximum atomic E-state index is 14.4. The van der Waals surface area contributed by atoms with E-state index in [1.165, 1.54) is 320 Å². The third kappa shape index (κ3) is 24.4. The molecular weight excluding hydrogens is 1450 g/mol. The fourth-order valence-electron chi connectivity index (χ4n) is 20.8. The summed E-state index contributed by atoms with van der Waals surface area (Å²) in [4.78, 5) is 32.7. The quantitative estimate of drug-likeness (QED) is 0.0357. The summed E-state index contributed by atoms with van der Waals surface area (Å²) in [5.41, 5.74) is 25.6. The number of benzene rings is 8. The standard InChI is InChI=1S/C113H156N2O4/c1-13-19-25-31-37-49-71-111(72-50-38-32-26-20-14-2)101-77-89(85-114(107(116)118-109(7,8)9)83-87-55-45-43-46-56-87)59-65-95(101)97-67-61-91(79-103(97)111)93-63-69-99-100-70-64-94(82-106(100)113(105(99)81-93,75-53-41-35-29-23-17-5)76-54-42-36-30-24-18-6)92-62-68-98-96-66-60-90(86-115(108(117)119-110(10,11)12)84-88-57-47-44-48-58-88)78-102(96)112(104(98)80-92,73-51-39-33-27-21-15-3)74-52-40-34-28-22-16-4/h43-48,55-70,77-82H,13-42,49-54,71-76,83-86H2,1-12H3. The molecule has 0 radical (unpaired) electrons. The molecule has 0 unspecified atom stereocenters. The van der Waals surface area contributed by atoms with Gasteiger partial charge in [-0.25, -0.2) is 9.59 Å². The highest BCUT2D eigenvalue weighted by Gasteiger charge is 2.47. The molecule has 8 aromatic carbocycles. The van der Waals surface area contributed by atoms with Crippen molar-refractivity contribution in [3.05, 3.63) is 225 Å². The monoisotopic (exact) mass is 1610 g/mol. The third-order valence-electron chi connectivity index (χ3n) is 27.1. The van der Waals surface area contributed by atoms with Gasteiger partial charge in [0.2, 0.25) is 0 Å². The molecule has 642 valence electrons. The van der Waals surface area contributed by atoms with Crippen molar-refractivity contribution in [2.24, 2.45) is 0 Å². The molecule has 0 aromatic heterocycles. The molecular formula is C113H156N2O4. The molecule has 0 saturated carbocycles. The lowest BCUT2D eigenvalue weighted by molar-refractivity contribution is 0.0207. The first-order valence-electron chi connectivity index (χ1n) is 48.7. The van der Waals surface area contributed by atoms with Gasteiger partial charge in [0.05, 0.1) is 0 Å². The fourth-order valence-corrected chi connectivity index (χ4v) is 20.8. The Balaban J connectivity index is 1.03. The highest BCUT2D eigenvalue weighted by molar-refractivity contribution is 5.90. The molecule has 0 N–H and O–H groups in total. The number of unbranched alkanes of at least 4 members (excludes halogenated alkanes) is 30. The summed E-state index contributed by atoms with van der Waals surface area (Å²) in [7, 11) is 0. The van der Waals surface area contributed by atoms with E-state index < -0.39 is 11.2 Å². The van der Waals surface area contributed by atoms with Crippen molar-refractivity contribution in [3.63, 3.8) is 0 Å². The molecule has 119 heavy (non-hydrogen) atoms. The van der Waals surface area contributed by atoms with Gasteiger partial charge in [-0.1, -0.05) is 418 Å². The topological polar surface area (TPSA) is 59.1 Å². The summed E-state index contributed by atoms with van der Waals surface area (Å²) >= 11 is 0. The Morgan fingerprint density at radius 2 is 0.445 bits per heavy atom. The van der Waals surface area contributed by atoms with E-state index in [9.17, 15) is 9.59 Å². The number of hydrogen-bond donors (Lipinski definition) is 0. The smallest absolute Gasteiger partial charge is 0.410 e. The third-order valence-corrected chi connectivity index (χ3v) is 27.1. The lowest BCUT2D eigenvalue weighted by Crippen LogP contribution is -2.36. The van der Waals surface area contributed by atoms with E-state index in [0.29, 0.717) is 26.2 Å². The van der Waals surface area contributed by atoms with E-state index in [1.54, 1.807) is 11.1 Å². The predicted octanol–water partition coefficient (Wildman–Crippen LogP) is 34.2. The first-order valence-corrected chi connectivity index (χ1v) is 48.7. The van der Waals surface area contributed by atoms with Crippen molar-refractivity contribution >= 4 is 12.2 Å². The van der Waals surface area contributed by atoms with Crippen molar-refractivity contribution in [2.75, 3.05) is 0 Å². The van der Waals surface area contributed by atoms with Crippen molar-refractivity contribution in [3.8, 4) is 55.6 Å². The summed E-state index contributed by atoms with van der Waals surface area (Å²) in [6.07, 6.45) is 51.8. The first-order chi connectivity index (χ1) is 57.8. The van der Waals surface area contributed by atoms with E-state index in [-0.39, 0.29) is 28.4 Å².